The number of carbonyl (C=O) groups excluding carboxylic acids is 1. The van der Waals surface area contributed by atoms with Crippen LogP contribution in [0.3, 0.4) is 0 Å². The summed E-state index contributed by atoms with van der Waals surface area (Å²) in [6.45, 7) is 6.20. The molecular weight excluding hydrogens is 214 g/mol. The van der Waals surface area contributed by atoms with Crippen LogP contribution in [0.15, 0.2) is 6.07 Å². The summed E-state index contributed by atoms with van der Waals surface area (Å²) in [6, 6.07) is 1.96. The normalized spacial score (nSPS) is 11.2. The summed E-state index contributed by atoms with van der Waals surface area (Å²) < 4.78 is 2.05. The van der Waals surface area contributed by atoms with Gasteiger partial charge in [-0.25, -0.2) is 0 Å². The first-order valence-electron chi connectivity index (χ1n) is 5.95. The molecule has 96 valence electrons. The van der Waals surface area contributed by atoms with Crippen molar-refractivity contribution in [3.63, 3.8) is 0 Å². The molecule has 0 spiro atoms. The zero-order chi connectivity index (χ0) is 13.0. The number of nitrogens with one attached hydrogen (secondary N) is 1. The Hall–Kier alpha value is -1.13. The van der Waals surface area contributed by atoms with Gasteiger partial charge in [-0.1, -0.05) is 0 Å². The highest BCUT2D eigenvalue weighted by atomic mass is 16.1. The third-order valence-corrected chi connectivity index (χ3v) is 3.10. The molecule has 0 atom stereocenters. The van der Waals surface area contributed by atoms with Crippen LogP contribution in [0, 0.1) is 13.8 Å². The average Bonchev–Trinajstić information content (AvgIpc) is 2.52. The second-order valence-corrected chi connectivity index (χ2v) is 4.75. The largest absolute Gasteiger partial charge is 0.351 e. The molecule has 1 aromatic rings. The zero-order valence-corrected chi connectivity index (χ0v) is 11.5. The minimum atomic E-state index is 0.171. The van der Waals surface area contributed by atoms with Crippen molar-refractivity contribution in [2.75, 3.05) is 33.7 Å². The van der Waals surface area contributed by atoms with Gasteiger partial charge in [-0.2, -0.15) is 0 Å². The number of Topliss-reactive ketones (excluding diaryl/α,β-unsaturated/α-hetero) is 1. The van der Waals surface area contributed by atoms with Crippen molar-refractivity contribution in [2.24, 2.45) is 7.05 Å². The number of hydrogen-bond acceptors (Lipinski definition) is 3. The third kappa shape index (κ3) is 3.68. The first-order chi connectivity index (χ1) is 7.93. The molecule has 0 aliphatic rings. The second kappa shape index (κ2) is 5.98. The molecule has 0 fully saturated rings. The molecule has 0 unspecified atom stereocenters. The van der Waals surface area contributed by atoms with Crippen molar-refractivity contribution >= 4 is 5.78 Å². The van der Waals surface area contributed by atoms with Gasteiger partial charge in [0.1, 0.15) is 0 Å². The maximum atomic E-state index is 12.0. The van der Waals surface area contributed by atoms with Gasteiger partial charge in [-0.15, -0.1) is 0 Å². The van der Waals surface area contributed by atoms with Crippen LogP contribution in [0.1, 0.15) is 21.7 Å². The quantitative estimate of drug-likeness (QED) is 0.592. The molecule has 0 aliphatic heterocycles. The van der Waals surface area contributed by atoms with Crippen molar-refractivity contribution < 1.29 is 4.79 Å². The van der Waals surface area contributed by atoms with Crippen LogP contribution in [0.5, 0.6) is 0 Å². The lowest BCUT2D eigenvalue weighted by Gasteiger charge is -2.09. The van der Waals surface area contributed by atoms with E-state index in [0.29, 0.717) is 6.54 Å². The second-order valence-electron chi connectivity index (χ2n) is 4.75. The van der Waals surface area contributed by atoms with Gasteiger partial charge >= 0.3 is 0 Å². The highest BCUT2D eigenvalue weighted by molar-refractivity contribution is 5.99. The Morgan fingerprint density at radius 1 is 1.41 bits per heavy atom. The Labute approximate surface area is 104 Å². The van der Waals surface area contributed by atoms with Crippen LogP contribution in [0.25, 0.3) is 0 Å². The van der Waals surface area contributed by atoms with Crippen molar-refractivity contribution in [1.29, 1.82) is 0 Å². The first-order valence-corrected chi connectivity index (χ1v) is 5.95. The van der Waals surface area contributed by atoms with Crippen LogP contribution < -0.4 is 5.32 Å². The number of ketones is 1. The van der Waals surface area contributed by atoms with Crippen LogP contribution >= 0.6 is 0 Å². The standard InChI is InChI=1S/C13H23N3O/c1-10-8-12(11(2)16(10)5)13(17)9-14-6-7-15(3)4/h8,14H,6-7,9H2,1-5H3. The van der Waals surface area contributed by atoms with Crippen molar-refractivity contribution in [3.8, 4) is 0 Å². The topological polar surface area (TPSA) is 37.3 Å². The molecule has 0 aromatic carbocycles. The highest BCUT2D eigenvalue weighted by Gasteiger charge is 2.13. The van der Waals surface area contributed by atoms with E-state index in [1.807, 2.05) is 45.6 Å². The predicted molar refractivity (Wildman–Crippen MR) is 70.6 cm³/mol. The maximum Gasteiger partial charge on any atom is 0.178 e. The van der Waals surface area contributed by atoms with Gasteiger partial charge in [-0.05, 0) is 34.0 Å². The molecule has 0 saturated heterocycles. The van der Waals surface area contributed by atoms with E-state index in [0.717, 1.165) is 30.0 Å². The van der Waals surface area contributed by atoms with Crippen molar-refractivity contribution in [3.05, 3.63) is 23.0 Å². The summed E-state index contributed by atoms with van der Waals surface area (Å²) in [5.41, 5.74) is 3.00. The molecule has 4 heteroatoms. The third-order valence-electron chi connectivity index (χ3n) is 3.10. The lowest BCUT2D eigenvalue weighted by molar-refractivity contribution is 0.0990. The molecule has 1 aromatic heterocycles. The Balaban J connectivity index is 2.50. The summed E-state index contributed by atoms with van der Waals surface area (Å²) in [6.07, 6.45) is 0. The van der Waals surface area contributed by atoms with Gasteiger partial charge in [0, 0.05) is 37.1 Å². The maximum absolute atomic E-state index is 12.0. The van der Waals surface area contributed by atoms with Gasteiger partial charge in [-0.3, -0.25) is 4.79 Å². The minimum absolute atomic E-state index is 0.171. The summed E-state index contributed by atoms with van der Waals surface area (Å²) in [7, 11) is 6.03. The summed E-state index contributed by atoms with van der Waals surface area (Å²) >= 11 is 0. The Morgan fingerprint density at radius 3 is 2.53 bits per heavy atom. The van der Waals surface area contributed by atoms with E-state index in [2.05, 4.69) is 10.2 Å². The molecule has 0 bridgehead atoms. The minimum Gasteiger partial charge on any atom is -0.351 e. The van der Waals surface area contributed by atoms with E-state index in [1.165, 1.54) is 0 Å². The fourth-order valence-corrected chi connectivity index (χ4v) is 1.74. The van der Waals surface area contributed by atoms with E-state index in [9.17, 15) is 4.79 Å². The van der Waals surface area contributed by atoms with E-state index < -0.39 is 0 Å². The molecule has 0 saturated carbocycles. The molecule has 1 rings (SSSR count). The summed E-state index contributed by atoms with van der Waals surface area (Å²) in [5.74, 6) is 0.171. The molecule has 1 N–H and O–H groups in total. The van der Waals surface area contributed by atoms with Crippen molar-refractivity contribution in [2.45, 2.75) is 13.8 Å². The van der Waals surface area contributed by atoms with E-state index >= 15 is 0 Å². The number of nitrogens with zero attached hydrogens (tertiary/aromatic N) is 2. The SMILES string of the molecule is Cc1cc(C(=O)CNCCN(C)C)c(C)n1C. The number of aromatic nitrogens is 1. The Morgan fingerprint density at radius 2 is 2.06 bits per heavy atom. The fourth-order valence-electron chi connectivity index (χ4n) is 1.74. The van der Waals surface area contributed by atoms with Gasteiger partial charge in [0.05, 0.1) is 6.54 Å². The molecule has 17 heavy (non-hydrogen) atoms. The zero-order valence-electron chi connectivity index (χ0n) is 11.5. The summed E-state index contributed by atoms with van der Waals surface area (Å²) in [4.78, 5) is 14.1. The van der Waals surface area contributed by atoms with Gasteiger partial charge in [0.15, 0.2) is 5.78 Å². The predicted octanol–water partition coefficient (Wildman–Crippen LogP) is 0.976. The van der Waals surface area contributed by atoms with Gasteiger partial charge < -0.3 is 14.8 Å². The number of hydrogen-bond donors (Lipinski definition) is 1. The van der Waals surface area contributed by atoms with Gasteiger partial charge in [0.2, 0.25) is 0 Å². The van der Waals surface area contributed by atoms with E-state index in [1.54, 1.807) is 0 Å². The van der Waals surface area contributed by atoms with E-state index in [-0.39, 0.29) is 5.78 Å². The molecule has 4 nitrogen and oxygen atoms in total. The number of aryl methyl sites for hydroxylation is 1. The smallest absolute Gasteiger partial charge is 0.178 e. The van der Waals surface area contributed by atoms with E-state index in [4.69, 9.17) is 0 Å². The van der Waals surface area contributed by atoms with Crippen LogP contribution in [0.2, 0.25) is 0 Å². The highest BCUT2D eigenvalue weighted by Crippen LogP contribution is 2.13. The Kier molecular flexibility index (Phi) is 4.90. The molecule has 0 amide bonds. The van der Waals surface area contributed by atoms with Crippen molar-refractivity contribution in [1.82, 2.24) is 14.8 Å². The average molecular weight is 237 g/mol. The fraction of sp³-hybridized carbons (Fsp3) is 0.615. The van der Waals surface area contributed by atoms with Gasteiger partial charge in [0.25, 0.3) is 0 Å². The molecule has 0 aliphatic carbocycles. The monoisotopic (exact) mass is 237 g/mol. The molecule has 1 heterocycles. The van der Waals surface area contributed by atoms with Crippen LogP contribution in [-0.2, 0) is 7.05 Å². The lowest BCUT2D eigenvalue weighted by Crippen LogP contribution is -2.30. The summed E-state index contributed by atoms with van der Waals surface area (Å²) in [5, 5.41) is 3.17. The number of likely N-dealkylation sites (N-methyl/N-ethyl adjacent to an activating group) is 1. The molecular formula is C13H23N3O. The van der Waals surface area contributed by atoms with Crippen LogP contribution in [0.4, 0.5) is 0 Å². The lowest BCUT2D eigenvalue weighted by atomic mass is 10.1. The first kappa shape index (κ1) is 13.9. The number of carbonyl (C=O) groups is 1. The molecule has 0 radical (unpaired) electrons. The Bertz CT molecular complexity index is 394. The van der Waals surface area contributed by atoms with Crippen LogP contribution in [-0.4, -0.2) is 49.0 Å². The number of rotatable bonds is 6.